The van der Waals surface area contributed by atoms with Crippen LogP contribution in [0, 0.1) is 11.7 Å². The molecule has 0 saturated carbocycles. The van der Waals surface area contributed by atoms with E-state index in [2.05, 4.69) is 0 Å². The van der Waals surface area contributed by atoms with Gasteiger partial charge in [-0.15, -0.1) is 23.2 Å². The average molecular weight is 297 g/mol. The Kier molecular flexibility index (Phi) is 4.84. The quantitative estimate of drug-likeness (QED) is 0.633. The number of hydrogen-bond acceptors (Lipinski definition) is 0. The highest BCUT2D eigenvalue weighted by molar-refractivity contribution is 6.24. The van der Waals surface area contributed by atoms with E-state index in [9.17, 15) is 4.39 Å². The first kappa shape index (κ1) is 14.4. The molecule has 2 rings (SSSR count). The Bertz CT molecular complexity index is 510. The van der Waals surface area contributed by atoms with Crippen LogP contribution < -0.4 is 0 Å². The number of alkyl halides is 2. The molecule has 0 N–H and O–H groups in total. The molecule has 2 aromatic carbocycles. The molecule has 19 heavy (non-hydrogen) atoms. The zero-order valence-corrected chi connectivity index (χ0v) is 12.1. The highest BCUT2D eigenvalue weighted by Crippen LogP contribution is 2.40. The third-order valence-corrected chi connectivity index (χ3v) is 4.53. The van der Waals surface area contributed by atoms with Crippen LogP contribution >= 0.6 is 23.2 Å². The van der Waals surface area contributed by atoms with E-state index in [1.807, 2.05) is 37.3 Å². The van der Waals surface area contributed by atoms with Gasteiger partial charge in [-0.1, -0.05) is 49.4 Å². The van der Waals surface area contributed by atoms with E-state index in [1.165, 1.54) is 12.1 Å². The van der Waals surface area contributed by atoms with Gasteiger partial charge < -0.3 is 0 Å². The molecule has 2 aromatic rings. The topological polar surface area (TPSA) is 0 Å². The zero-order chi connectivity index (χ0) is 13.8. The molecule has 0 fully saturated rings. The highest BCUT2D eigenvalue weighted by Gasteiger charge is 2.25. The fraction of sp³-hybridized carbons (Fsp3) is 0.250. The van der Waals surface area contributed by atoms with Gasteiger partial charge >= 0.3 is 0 Å². The Balaban J connectivity index is 2.15. The fourth-order valence-electron chi connectivity index (χ4n) is 2.04. The highest BCUT2D eigenvalue weighted by atomic mass is 35.5. The van der Waals surface area contributed by atoms with Crippen molar-refractivity contribution in [1.82, 2.24) is 0 Å². The van der Waals surface area contributed by atoms with E-state index in [-0.39, 0.29) is 22.5 Å². The predicted octanol–water partition coefficient (Wildman–Crippen LogP) is 5.72. The van der Waals surface area contributed by atoms with Crippen molar-refractivity contribution in [3.05, 3.63) is 71.5 Å². The maximum Gasteiger partial charge on any atom is 0.123 e. The summed E-state index contributed by atoms with van der Waals surface area (Å²) in [6.07, 6.45) is 0. The zero-order valence-electron chi connectivity index (χ0n) is 10.6. The summed E-state index contributed by atoms with van der Waals surface area (Å²) >= 11 is 12.9. The summed E-state index contributed by atoms with van der Waals surface area (Å²) < 4.78 is 12.9. The van der Waals surface area contributed by atoms with Gasteiger partial charge in [0.25, 0.3) is 0 Å². The van der Waals surface area contributed by atoms with Crippen LogP contribution in [0.15, 0.2) is 54.6 Å². The monoisotopic (exact) mass is 296 g/mol. The largest absolute Gasteiger partial charge is 0.207 e. The van der Waals surface area contributed by atoms with Crippen LogP contribution in [0.2, 0.25) is 0 Å². The molecular formula is C16H15Cl2F. The number of benzene rings is 2. The van der Waals surface area contributed by atoms with E-state index in [0.29, 0.717) is 0 Å². The predicted molar refractivity (Wildman–Crippen MR) is 79.2 cm³/mol. The second-order valence-corrected chi connectivity index (χ2v) is 5.57. The Morgan fingerprint density at radius 2 is 1.26 bits per heavy atom. The van der Waals surface area contributed by atoms with Crippen LogP contribution in [-0.2, 0) is 0 Å². The second kappa shape index (κ2) is 6.40. The fourth-order valence-corrected chi connectivity index (χ4v) is 2.70. The van der Waals surface area contributed by atoms with E-state index in [0.717, 1.165) is 11.1 Å². The lowest BCUT2D eigenvalue weighted by Crippen LogP contribution is -2.10. The molecule has 0 aliphatic carbocycles. The molecule has 0 saturated heterocycles. The van der Waals surface area contributed by atoms with Gasteiger partial charge in [-0.3, -0.25) is 0 Å². The van der Waals surface area contributed by atoms with Crippen molar-refractivity contribution in [2.45, 2.75) is 17.7 Å². The lowest BCUT2D eigenvalue weighted by atomic mass is 9.93. The molecular weight excluding hydrogens is 282 g/mol. The molecule has 0 spiro atoms. The van der Waals surface area contributed by atoms with Crippen LogP contribution in [0.3, 0.4) is 0 Å². The van der Waals surface area contributed by atoms with Gasteiger partial charge in [0.1, 0.15) is 5.82 Å². The van der Waals surface area contributed by atoms with Crippen molar-refractivity contribution in [3.63, 3.8) is 0 Å². The van der Waals surface area contributed by atoms with Crippen molar-refractivity contribution in [2.24, 2.45) is 5.92 Å². The van der Waals surface area contributed by atoms with Crippen molar-refractivity contribution in [3.8, 4) is 0 Å². The van der Waals surface area contributed by atoms with Crippen LogP contribution in [0.4, 0.5) is 4.39 Å². The molecule has 0 amide bonds. The minimum absolute atomic E-state index is 0.0381. The first-order chi connectivity index (χ1) is 9.09. The Morgan fingerprint density at radius 1 is 0.789 bits per heavy atom. The Labute approximate surface area is 123 Å². The van der Waals surface area contributed by atoms with Crippen LogP contribution in [0.5, 0.6) is 0 Å². The normalized spacial score (nSPS) is 15.8. The second-order valence-electron chi connectivity index (χ2n) is 4.62. The van der Waals surface area contributed by atoms with Crippen molar-refractivity contribution >= 4 is 23.2 Å². The summed E-state index contributed by atoms with van der Waals surface area (Å²) in [6, 6.07) is 16.1. The molecule has 0 aliphatic heterocycles. The van der Waals surface area contributed by atoms with Gasteiger partial charge in [0.05, 0.1) is 10.8 Å². The van der Waals surface area contributed by atoms with Gasteiger partial charge in [0.15, 0.2) is 0 Å². The lowest BCUT2D eigenvalue weighted by Gasteiger charge is -2.23. The van der Waals surface area contributed by atoms with Crippen LogP contribution in [-0.4, -0.2) is 0 Å². The first-order valence-corrected chi connectivity index (χ1v) is 7.05. The number of rotatable bonds is 4. The summed E-state index contributed by atoms with van der Waals surface area (Å²) in [4.78, 5) is 0. The average Bonchev–Trinajstić information content (AvgIpc) is 2.46. The van der Waals surface area contributed by atoms with Gasteiger partial charge in [-0.05, 0) is 29.2 Å². The Morgan fingerprint density at radius 3 is 1.79 bits per heavy atom. The lowest BCUT2D eigenvalue weighted by molar-refractivity contribution is 0.539. The molecule has 3 atom stereocenters. The Hall–Kier alpha value is -1.05. The standard InChI is InChI=1S/C16H15Cl2F/c1-11(15(17)12-5-3-2-4-6-12)16(18)13-7-9-14(19)10-8-13/h2-11,15-16H,1H3. The molecule has 3 heteroatoms. The summed E-state index contributed by atoms with van der Waals surface area (Å²) in [6.45, 7) is 2.01. The minimum Gasteiger partial charge on any atom is -0.207 e. The maximum atomic E-state index is 12.9. The minimum atomic E-state index is -0.259. The van der Waals surface area contributed by atoms with Gasteiger partial charge in [0.2, 0.25) is 0 Å². The number of hydrogen-bond donors (Lipinski definition) is 0. The summed E-state index contributed by atoms with van der Waals surface area (Å²) in [7, 11) is 0. The van der Waals surface area contributed by atoms with Gasteiger partial charge in [0, 0.05) is 0 Å². The van der Waals surface area contributed by atoms with E-state index < -0.39 is 0 Å². The van der Waals surface area contributed by atoms with Crippen LogP contribution in [0.1, 0.15) is 28.8 Å². The number of halogens is 3. The third-order valence-electron chi connectivity index (χ3n) is 3.23. The SMILES string of the molecule is CC(C(Cl)c1ccccc1)C(Cl)c1ccc(F)cc1. The summed E-state index contributed by atoms with van der Waals surface area (Å²) in [5.74, 6) is -0.220. The molecule has 0 heterocycles. The molecule has 0 aliphatic rings. The van der Waals surface area contributed by atoms with E-state index in [4.69, 9.17) is 23.2 Å². The van der Waals surface area contributed by atoms with Crippen molar-refractivity contribution in [1.29, 1.82) is 0 Å². The first-order valence-electron chi connectivity index (χ1n) is 6.18. The summed E-state index contributed by atoms with van der Waals surface area (Å²) in [5, 5.41) is -0.419. The smallest absolute Gasteiger partial charge is 0.123 e. The van der Waals surface area contributed by atoms with Crippen LogP contribution in [0.25, 0.3) is 0 Å². The third kappa shape index (κ3) is 3.49. The molecule has 0 nitrogen and oxygen atoms in total. The molecule has 0 aromatic heterocycles. The van der Waals surface area contributed by atoms with Gasteiger partial charge in [-0.2, -0.15) is 0 Å². The molecule has 100 valence electrons. The van der Waals surface area contributed by atoms with Gasteiger partial charge in [-0.25, -0.2) is 4.39 Å². The maximum absolute atomic E-state index is 12.9. The summed E-state index contributed by atoms with van der Waals surface area (Å²) in [5.41, 5.74) is 1.93. The van der Waals surface area contributed by atoms with E-state index >= 15 is 0 Å². The van der Waals surface area contributed by atoms with Crippen molar-refractivity contribution in [2.75, 3.05) is 0 Å². The molecule has 0 bridgehead atoms. The van der Waals surface area contributed by atoms with E-state index in [1.54, 1.807) is 12.1 Å². The van der Waals surface area contributed by atoms with Crippen molar-refractivity contribution < 1.29 is 4.39 Å². The molecule has 3 unspecified atom stereocenters. The molecule has 0 radical (unpaired) electrons.